The fraction of sp³-hybridized carbons (Fsp3) is 0.581. The number of imide groups is 1. The predicted molar refractivity (Wildman–Crippen MR) is 152 cm³/mol. The van der Waals surface area contributed by atoms with Crippen LogP contribution in [0.1, 0.15) is 77.8 Å². The number of benzene rings is 1. The molecule has 10 nitrogen and oxygen atoms in total. The molecule has 1 heterocycles. The Morgan fingerprint density at radius 2 is 1.76 bits per heavy atom. The Bertz CT molecular complexity index is 1150. The second-order valence-electron chi connectivity index (χ2n) is 11.2. The SMILES string of the molecule is CO[C@H](C(=O)N1C(=O)OC(C)(C)[C@@H]1C(C)C)[C@H](OC(C)=O)C(=O)C=C(C(=O)CCCCCCO)c1cccc(C)c1. The van der Waals surface area contributed by atoms with Gasteiger partial charge in [-0.2, -0.15) is 0 Å². The van der Waals surface area contributed by atoms with Crippen LogP contribution in [0, 0.1) is 12.8 Å². The molecule has 10 heteroatoms. The maximum Gasteiger partial charge on any atom is 0.417 e. The van der Waals surface area contributed by atoms with Crippen LogP contribution in [0.15, 0.2) is 30.3 Å². The van der Waals surface area contributed by atoms with Gasteiger partial charge in [0, 0.05) is 32.6 Å². The summed E-state index contributed by atoms with van der Waals surface area (Å²) < 4.78 is 16.1. The third kappa shape index (κ3) is 8.81. The topological polar surface area (TPSA) is 137 Å². The van der Waals surface area contributed by atoms with E-state index < -0.39 is 47.6 Å². The van der Waals surface area contributed by atoms with Crippen LogP contribution in [-0.2, 0) is 33.4 Å². The lowest BCUT2D eigenvalue weighted by molar-refractivity contribution is -0.166. The molecule has 0 aliphatic carbocycles. The number of methoxy groups -OCH3 is 1. The third-order valence-corrected chi connectivity index (χ3v) is 6.98. The summed E-state index contributed by atoms with van der Waals surface area (Å²) in [5, 5.41) is 8.99. The van der Waals surface area contributed by atoms with E-state index in [1.807, 2.05) is 26.8 Å². The number of esters is 1. The van der Waals surface area contributed by atoms with E-state index in [-0.39, 0.29) is 30.3 Å². The van der Waals surface area contributed by atoms with Gasteiger partial charge in [0.25, 0.3) is 5.91 Å². The molecule has 0 radical (unpaired) electrons. The molecule has 1 aromatic rings. The largest absolute Gasteiger partial charge is 0.451 e. The highest BCUT2D eigenvalue weighted by molar-refractivity contribution is 6.25. The van der Waals surface area contributed by atoms with E-state index in [0.717, 1.165) is 36.3 Å². The van der Waals surface area contributed by atoms with Gasteiger partial charge in [0.05, 0.1) is 6.04 Å². The van der Waals surface area contributed by atoms with Crippen molar-refractivity contribution in [3.8, 4) is 0 Å². The Kier molecular flexibility index (Phi) is 12.4. The number of carbonyl (C=O) groups excluding carboxylic acids is 5. The van der Waals surface area contributed by atoms with Crippen LogP contribution in [0.2, 0.25) is 0 Å². The van der Waals surface area contributed by atoms with Crippen LogP contribution < -0.4 is 0 Å². The van der Waals surface area contributed by atoms with Crippen LogP contribution in [-0.4, -0.2) is 77.1 Å². The summed E-state index contributed by atoms with van der Waals surface area (Å²) in [5.41, 5.74) is 0.488. The minimum atomic E-state index is -1.76. The molecule has 0 saturated carbocycles. The number of hydrogen-bond donors (Lipinski definition) is 1. The van der Waals surface area contributed by atoms with Gasteiger partial charge in [-0.1, -0.05) is 56.5 Å². The number of Topliss-reactive ketones (excluding diaryl/α,β-unsaturated/α-hetero) is 1. The van der Waals surface area contributed by atoms with Crippen molar-refractivity contribution in [1.29, 1.82) is 0 Å². The van der Waals surface area contributed by atoms with Crippen molar-refractivity contribution in [3.05, 3.63) is 41.5 Å². The number of aliphatic hydroxyl groups excluding tert-OH is 1. The first-order chi connectivity index (χ1) is 19.2. The zero-order valence-electron chi connectivity index (χ0n) is 25.1. The van der Waals surface area contributed by atoms with E-state index in [2.05, 4.69) is 0 Å². The summed E-state index contributed by atoms with van der Waals surface area (Å²) in [4.78, 5) is 66.6. The second kappa shape index (κ2) is 15.0. The average Bonchev–Trinajstić information content (AvgIpc) is 3.14. The molecule has 3 atom stereocenters. The lowest BCUT2D eigenvalue weighted by atomic mass is 9.88. The summed E-state index contributed by atoms with van der Waals surface area (Å²) in [6, 6.07) is 6.41. The van der Waals surface area contributed by atoms with Crippen LogP contribution in [0.25, 0.3) is 5.57 Å². The highest BCUT2D eigenvalue weighted by Crippen LogP contribution is 2.35. The van der Waals surface area contributed by atoms with Crippen molar-refractivity contribution >= 4 is 35.1 Å². The molecule has 2 amide bonds. The Morgan fingerprint density at radius 1 is 1.10 bits per heavy atom. The van der Waals surface area contributed by atoms with Crippen molar-refractivity contribution in [2.45, 2.75) is 97.5 Å². The van der Waals surface area contributed by atoms with E-state index in [0.29, 0.717) is 18.4 Å². The highest BCUT2D eigenvalue weighted by atomic mass is 16.6. The normalized spacial score (nSPS) is 18.2. The molecule has 0 bridgehead atoms. The van der Waals surface area contributed by atoms with Crippen molar-refractivity contribution < 1.29 is 43.3 Å². The lowest BCUT2D eigenvalue weighted by Crippen LogP contribution is -2.55. The summed E-state index contributed by atoms with van der Waals surface area (Å²) in [7, 11) is 1.17. The van der Waals surface area contributed by atoms with Crippen molar-refractivity contribution in [3.63, 3.8) is 0 Å². The first kappa shape index (κ1) is 33.8. The van der Waals surface area contributed by atoms with Gasteiger partial charge in [-0.05, 0) is 51.2 Å². The standard InChI is InChI=1S/C31H43NO9/c1-19(2)28-31(5,6)41-30(38)32(28)29(37)27(39-7)26(40-21(4)34)25(36)18-23(22-14-12-13-20(3)17-22)24(35)15-10-8-9-11-16-33/h12-14,17-19,26-28,33H,8-11,15-16H2,1-7H3/t26-,27+,28+/m1/s1. The van der Waals surface area contributed by atoms with E-state index in [9.17, 15) is 24.0 Å². The van der Waals surface area contributed by atoms with Crippen LogP contribution in [0.3, 0.4) is 0 Å². The maximum absolute atomic E-state index is 13.7. The van der Waals surface area contributed by atoms with Gasteiger partial charge >= 0.3 is 12.1 Å². The van der Waals surface area contributed by atoms with Crippen LogP contribution in [0.5, 0.6) is 0 Å². The number of aliphatic hydroxyl groups is 1. The number of nitrogens with zero attached hydrogens (tertiary/aromatic N) is 1. The molecule has 2 rings (SSSR count). The Morgan fingerprint density at radius 3 is 2.32 bits per heavy atom. The number of ether oxygens (including phenoxy) is 3. The number of ketones is 2. The molecule has 0 unspecified atom stereocenters. The molecule has 1 aliphatic heterocycles. The molecular formula is C31H43NO9. The van der Waals surface area contributed by atoms with Crippen molar-refractivity contribution in [2.24, 2.45) is 5.92 Å². The van der Waals surface area contributed by atoms with E-state index in [4.69, 9.17) is 19.3 Å². The molecular weight excluding hydrogens is 530 g/mol. The number of carbonyl (C=O) groups is 5. The molecule has 1 fully saturated rings. The Labute approximate surface area is 242 Å². The quantitative estimate of drug-likeness (QED) is 0.186. The minimum Gasteiger partial charge on any atom is -0.451 e. The molecule has 1 N–H and O–H groups in total. The fourth-order valence-corrected chi connectivity index (χ4v) is 5.27. The molecule has 0 aromatic heterocycles. The Hall–Kier alpha value is -3.37. The molecule has 0 spiro atoms. The number of cyclic esters (lactones) is 1. The molecule has 41 heavy (non-hydrogen) atoms. The number of unbranched alkanes of at least 4 members (excludes halogenated alkanes) is 3. The number of hydrogen-bond acceptors (Lipinski definition) is 9. The number of amides is 2. The highest BCUT2D eigenvalue weighted by Gasteiger charge is 2.54. The number of allylic oxidation sites excluding steroid dienone is 1. The maximum atomic E-state index is 13.7. The summed E-state index contributed by atoms with van der Waals surface area (Å²) in [5.74, 6) is -3.05. The molecule has 1 aliphatic rings. The first-order valence-corrected chi connectivity index (χ1v) is 14.0. The van der Waals surface area contributed by atoms with Crippen LogP contribution >= 0.6 is 0 Å². The van der Waals surface area contributed by atoms with Gasteiger partial charge in [-0.15, -0.1) is 0 Å². The lowest BCUT2D eigenvalue weighted by Gasteiger charge is -2.33. The molecule has 1 saturated heterocycles. The van der Waals surface area contributed by atoms with E-state index >= 15 is 0 Å². The summed E-state index contributed by atoms with van der Waals surface area (Å²) in [6.07, 6.45) is -0.359. The smallest absolute Gasteiger partial charge is 0.417 e. The van der Waals surface area contributed by atoms with Gasteiger partial charge in [0.1, 0.15) is 5.60 Å². The molecule has 226 valence electrons. The van der Waals surface area contributed by atoms with Gasteiger partial charge < -0.3 is 19.3 Å². The van der Waals surface area contributed by atoms with Gasteiger partial charge in [0.2, 0.25) is 0 Å². The second-order valence-corrected chi connectivity index (χ2v) is 11.2. The van der Waals surface area contributed by atoms with Gasteiger partial charge in [-0.3, -0.25) is 19.2 Å². The zero-order valence-corrected chi connectivity index (χ0v) is 25.1. The van der Waals surface area contributed by atoms with Gasteiger partial charge in [-0.25, -0.2) is 9.69 Å². The van der Waals surface area contributed by atoms with Crippen molar-refractivity contribution in [2.75, 3.05) is 13.7 Å². The van der Waals surface area contributed by atoms with E-state index in [1.165, 1.54) is 7.11 Å². The molecule has 1 aromatic carbocycles. The minimum absolute atomic E-state index is 0.0817. The van der Waals surface area contributed by atoms with E-state index in [1.54, 1.807) is 32.0 Å². The predicted octanol–water partition coefficient (Wildman–Crippen LogP) is 4.19. The number of aryl methyl sites for hydroxylation is 1. The van der Waals surface area contributed by atoms with Crippen LogP contribution in [0.4, 0.5) is 4.79 Å². The third-order valence-electron chi connectivity index (χ3n) is 6.98. The Balaban J connectivity index is 2.49. The number of rotatable bonds is 15. The zero-order chi connectivity index (χ0) is 30.9. The van der Waals surface area contributed by atoms with Crippen molar-refractivity contribution in [1.82, 2.24) is 4.90 Å². The summed E-state index contributed by atoms with van der Waals surface area (Å²) in [6.45, 7) is 10.1. The average molecular weight is 574 g/mol. The monoisotopic (exact) mass is 573 g/mol. The van der Waals surface area contributed by atoms with Gasteiger partial charge in [0.15, 0.2) is 23.8 Å². The first-order valence-electron chi connectivity index (χ1n) is 14.0. The fourth-order valence-electron chi connectivity index (χ4n) is 5.27. The summed E-state index contributed by atoms with van der Waals surface area (Å²) >= 11 is 0.